The second-order valence-corrected chi connectivity index (χ2v) is 6.11. The SMILES string of the molecule is CCOC(=O)/C1=C(\Cc2cc(OC)cc(OC)c2)CCCCCC1. The predicted octanol–water partition coefficient (Wildman–Crippen LogP) is 4.46. The van der Waals surface area contributed by atoms with Crippen LogP contribution in [0, 0.1) is 0 Å². The molecule has 0 saturated carbocycles. The second-order valence-electron chi connectivity index (χ2n) is 6.11. The molecule has 4 heteroatoms. The highest BCUT2D eigenvalue weighted by atomic mass is 16.5. The summed E-state index contributed by atoms with van der Waals surface area (Å²) in [6.07, 6.45) is 7.09. The van der Waals surface area contributed by atoms with E-state index < -0.39 is 0 Å². The summed E-state index contributed by atoms with van der Waals surface area (Å²) in [6.45, 7) is 2.27. The zero-order valence-corrected chi connectivity index (χ0v) is 15.0. The minimum Gasteiger partial charge on any atom is -0.497 e. The van der Waals surface area contributed by atoms with E-state index in [9.17, 15) is 4.79 Å². The van der Waals surface area contributed by atoms with Crippen LogP contribution in [0.25, 0.3) is 0 Å². The molecule has 0 aromatic heterocycles. The van der Waals surface area contributed by atoms with Crippen LogP contribution < -0.4 is 9.47 Å². The fraction of sp³-hybridized carbons (Fsp3) is 0.550. The lowest BCUT2D eigenvalue weighted by Crippen LogP contribution is -2.13. The Balaban J connectivity index is 2.33. The lowest BCUT2D eigenvalue weighted by molar-refractivity contribution is -0.138. The lowest BCUT2D eigenvalue weighted by Gasteiger charge is -2.18. The Morgan fingerprint density at radius 1 is 0.958 bits per heavy atom. The van der Waals surface area contributed by atoms with Gasteiger partial charge >= 0.3 is 5.97 Å². The van der Waals surface area contributed by atoms with Crippen LogP contribution >= 0.6 is 0 Å². The van der Waals surface area contributed by atoms with Gasteiger partial charge in [0.25, 0.3) is 0 Å². The standard InChI is InChI=1S/C20H28O4/c1-4-24-20(21)19-10-8-6-5-7-9-16(19)11-15-12-17(22-2)14-18(13-15)23-3/h12-14H,4-11H2,1-3H3/b19-16-. The number of hydrogen-bond acceptors (Lipinski definition) is 4. The van der Waals surface area contributed by atoms with Crippen LogP contribution in [0.15, 0.2) is 29.3 Å². The number of allylic oxidation sites excluding steroid dienone is 1. The molecule has 0 aliphatic heterocycles. The summed E-state index contributed by atoms with van der Waals surface area (Å²) in [4.78, 5) is 12.4. The Labute approximate surface area is 144 Å². The molecule has 0 amide bonds. The first-order valence-corrected chi connectivity index (χ1v) is 8.78. The monoisotopic (exact) mass is 332 g/mol. The van der Waals surface area contributed by atoms with E-state index in [-0.39, 0.29) is 5.97 Å². The van der Waals surface area contributed by atoms with E-state index in [0.29, 0.717) is 6.61 Å². The van der Waals surface area contributed by atoms with E-state index in [0.717, 1.165) is 54.7 Å². The van der Waals surface area contributed by atoms with Crippen LogP contribution in [0.5, 0.6) is 11.5 Å². The number of hydrogen-bond donors (Lipinski definition) is 0. The first-order valence-electron chi connectivity index (χ1n) is 8.78. The fourth-order valence-electron chi connectivity index (χ4n) is 3.20. The Hall–Kier alpha value is -1.97. The zero-order valence-electron chi connectivity index (χ0n) is 15.0. The normalized spacial score (nSPS) is 18.5. The van der Waals surface area contributed by atoms with Gasteiger partial charge in [0, 0.05) is 11.6 Å². The summed E-state index contributed by atoms with van der Waals surface area (Å²) >= 11 is 0. The van der Waals surface area contributed by atoms with Crippen LogP contribution in [-0.2, 0) is 16.0 Å². The molecular weight excluding hydrogens is 304 g/mol. The Morgan fingerprint density at radius 3 is 2.17 bits per heavy atom. The van der Waals surface area contributed by atoms with Crippen molar-refractivity contribution in [1.82, 2.24) is 0 Å². The molecule has 0 unspecified atom stereocenters. The first-order chi connectivity index (χ1) is 11.7. The highest BCUT2D eigenvalue weighted by molar-refractivity contribution is 5.89. The van der Waals surface area contributed by atoms with E-state index >= 15 is 0 Å². The van der Waals surface area contributed by atoms with Crippen molar-refractivity contribution in [2.45, 2.75) is 51.9 Å². The number of methoxy groups -OCH3 is 2. The molecule has 0 heterocycles. The molecule has 1 aliphatic rings. The average Bonchev–Trinajstić information content (AvgIpc) is 2.57. The summed E-state index contributed by atoms with van der Waals surface area (Å²) in [5.74, 6) is 1.39. The zero-order chi connectivity index (χ0) is 17.4. The quantitative estimate of drug-likeness (QED) is 0.722. The third-order valence-corrected chi connectivity index (χ3v) is 4.43. The maximum Gasteiger partial charge on any atom is 0.333 e. The van der Waals surface area contributed by atoms with Gasteiger partial charge in [-0.1, -0.05) is 18.4 Å². The summed E-state index contributed by atoms with van der Waals surface area (Å²) in [6, 6.07) is 5.89. The molecule has 1 aromatic rings. The molecule has 4 nitrogen and oxygen atoms in total. The van der Waals surface area contributed by atoms with E-state index in [1.165, 1.54) is 18.4 Å². The maximum atomic E-state index is 12.4. The topological polar surface area (TPSA) is 44.8 Å². The van der Waals surface area contributed by atoms with Gasteiger partial charge in [-0.2, -0.15) is 0 Å². The van der Waals surface area contributed by atoms with Crippen LogP contribution in [0.4, 0.5) is 0 Å². The maximum absolute atomic E-state index is 12.4. The molecule has 0 N–H and O–H groups in total. The number of rotatable bonds is 6. The molecule has 0 atom stereocenters. The third-order valence-electron chi connectivity index (χ3n) is 4.43. The number of carbonyl (C=O) groups is 1. The highest BCUT2D eigenvalue weighted by Gasteiger charge is 2.19. The van der Waals surface area contributed by atoms with Gasteiger partial charge in [-0.15, -0.1) is 0 Å². The van der Waals surface area contributed by atoms with Crippen molar-refractivity contribution >= 4 is 5.97 Å². The first kappa shape index (κ1) is 18.4. The van der Waals surface area contributed by atoms with Crippen LogP contribution in [0.2, 0.25) is 0 Å². The third kappa shape index (κ3) is 5.02. The van der Waals surface area contributed by atoms with Crippen molar-refractivity contribution in [2.24, 2.45) is 0 Å². The van der Waals surface area contributed by atoms with E-state index in [4.69, 9.17) is 14.2 Å². The fourth-order valence-corrected chi connectivity index (χ4v) is 3.20. The molecule has 24 heavy (non-hydrogen) atoms. The van der Waals surface area contributed by atoms with Gasteiger partial charge in [0.2, 0.25) is 0 Å². The smallest absolute Gasteiger partial charge is 0.333 e. The Bertz CT molecular complexity index is 567. The molecule has 0 spiro atoms. The van der Waals surface area contributed by atoms with Crippen LogP contribution in [-0.4, -0.2) is 26.8 Å². The van der Waals surface area contributed by atoms with Gasteiger partial charge in [-0.3, -0.25) is 0 Å². The lowest BCUT2D eigenvalue weighted by atomic mass is 9.89. The van der Waals surface area contributed by atoms with E-state index in [1.807, 2.05) is 25.1 Å². The summed E-state index contributed by atoms with van der Waals surface area (Å²) < 4.78 is 16.0. The van der Waals surface area contributed by atoms with Gasteiger partial charge in [0.05, 0.1) is 20.8 Å². The Kier molecular flexibility index (Phi) is 7.16. The average molecular weight is 332 g/mol. The largest absolute Gasteiger partial charge is 0.497 e. The van der Waals surface area contributed by atoms with Gasteiger partial charge in [0.1, 0.15) is 11.5 Å². The van der Waals surface area contributed by atoms with E-state index in [1.54, 1.807) is 14.2 Å². The molecule has 0 fully saturated rings. The minimum absolute atomic E-state index is 0.149. The highest BCUT2D eigenvalue weighted by Crippen LogP contribution is 2.30. The molecule has 0 radical (unpaired) electrons. The van der Waals surface area contributed by atoms with Gasteiger partial charge < -0.3 is 14.2 Å². The van der Waals surface area contributed by atoms with Crippen molar-refractivity contribution in [3.63, 3.8) is 0 Å². The molecular formula is C20H28O4. The van der Waals surface area contributed by atoms with Crippen LogP contribution in [0.1, 0.15) is 51.0 Å². The molecule has 1 aliphatic carbocycles. The van der Waals surface area contributed by atoms with Crippen molar-refractivity contribution in [3.05, 3.63) is 34.9 Å². The van der Waals surface area contributed by atoms with Gasteiger partial charge in [-0.05, 0) is 56.7 Å². The molecule has 0 bridgehead atoms. The van der Waals surface area contributed by atoms with Crippen molar-refractivity contribution in [1.29, 1.82) is 0 Å². The predicted molar refractivity (Wildman–Crippen MR) is 94.6 cm³/mol. The van der Waals surface area contributed by atoms with Crippen molar-refractivity contribution < 1.29 is 19.0 Å². The molecule has 0 saturated heterocycles. The summed E-state index contributed by atoms with van der Waals surface area (Å²) in [7, 11) is 3.30. The summed E-state index contributed by atoms with van der Waals surface area (Å²) in [5.41, 5.74) is 3.17. The van der Waals surface area contributed by atoms with E-state index in [2.05, 4.69) is 0 Å². The minimum atomic E-state index is -0.149. The van der Waals surface area contributed by atoms with Gasteiger partial charge in [-0.25, -0.2) is 4.79 Å². The number of benzene rings is 1. The summed E-state index contributed by atoms with van der Waals surface area (Å²) in [5, 5.41) is 0. The van der Waals surface area contributed by atoms with Crippen molar-refractivity contribution in [2.75, 3.05) is 20.8 Å². The van der Waals surface area contributed by atoms with Gasteiger partial charge in [0.15, 0.2) is 0 Å². The molecule has 2 rings (SSSR count). The number of carbonyl (C=O) groups excluding carboxylic acids is 1. The van der Waals surface area contributed by atoms with Crippen molar-refractivity contribution in [3.8, 4) is 11.5 Å². The number of esters is 1. The Morgan fingerprint density at radius 2 is 1.58 bits per heavy atom. The molecule has 132 valence electrons. The molecule has 1 aromatic carbocycles. The second kappa shape index (κ2) is 9.36. The number of ether oxygens (including phenoxy) is 3. The van der Waals surface area contributed by atoms with Crippen LogP contribution in [0.3, 0.4) is 0 Å².